The Morgan fingerprint density at radius 3 is 2.41 bits per heavy atom. The largest absolute Gasteiger partial charge is 0.435 e. The van der Waals surface area contributed by atoms with Gasteiger partial charge in [0.05, 0.1) is 18.8 Å². The van der Waals surface area contributed by atoms with E-state index < -0.39 is 12.1 Å². The fourth-order valence-electron chi connectivity index (χ4n) is 2.56. The fourth-order valence-corrected chi connectivity index (χ4v) is 3.17. The molecule has 3 rings (SSSR count). The molecule has 1 unspecified atom stereocenters. The third-order valence-corrected chi connectivity index (χ3v) is 4.93. The van der Waals surface area contributed by atoms with E-state index in [1.54, 1.807) is 17.0 Å². The number of nitrogens with zero attached hydrogens (tertiary/aromatic N) is 1. The van der Waals surface area contributed by atoms with Gasteiger partial charge in [-0.3, -0.25) is 4.79 Å². The third-order valence-electron chi connectivity index (χ3n) is 3.99. The summed E-state index contributed by atoms with van der Waals surface area (Å²) in [7, 11) is 0. The Bertz CT molecular complexity index is 866. The molecule has 0 N–H and O–H groups in total. The molecule has 2 aromatic rings. The average molecular weight is 475 g/mol. The number of morpholine rings is 1. The van der Waals surface area contributed by atoms with Gasteiger partial charge in [0.2, 0.25) is 6.10 Å². The van der Waals surface area contributed by atoms with Crippen LogP contribution in [0.5, 0.6) is 0 Å². The predicted molar refractivity (Wildman–Crippen MR) is 109 cm³/mol. The number of halogens is 1. The highest BCUT2D eigenvalue weighted by molar-refractivity contribution is 14.1. The van der Waals surface area contributed by atoms with Crippen molar-refractivity contribution in [3.63, 3.8) is 0 Å². The highest BCUT2D eigenvalue weighted by atomic mass is 127. The lowest BCUT2D eigenvalue weighted by Crippen LogP contribution is -2.46. The van der Waals surface area contributed by atoms with Crippen LogP contribution in [0, 0.1) is 15.4 Å². The summed E-state index contributed by atoms with van der Waals surface area (Å²) < 4.78 is 11.5. The number of carbonyl (C=O) groups excluding carboxylic acids is 2. The third kappa shape index (κ3) is 5.31. The summed E-state index contributed by atoms with van der Waals surface area (Å²) >= 11 is 2.06. The SMILES string of the molecule is O=C(OC(C#Cc1ccccc1)C(=O)N1CCOCC1)c1ccccc1I. The van der Waals surface area contributed by atoms with Gasteiger partial charge in [0, 0.05) is 22.2 Å². The summed E-state index contributed by atoms with van der Waals surface area (Å²) in [5, 5.41) is 0. The van der Waals surface area contributed by atoms with Crippen LogP contribution >= 0.6 is 22.6 Å². The molecule has 1 saturated heterocycles. The molecule has 0 aromatic heterocycles. The predicted octanol–water partition coefficient (Wildman–Crippen LogP) is 2.73. The summed E-state index contributed by atoms with van der Waals surface area (Å²) in [6.45, 7) is 1.86. The highest BCUT2D eigenvalue weighted by Gasteiger charge is 2.28. The van der Waals surface area contributed by atoms with Gasteiger partial charge in [-0.2, -0.15) is 0 Å². The Labute approximate surface area is 171 Å². The average Bonchev–Trinajstić information content (AvgIpc) is 2.72. The molecule has 1 amide bonds. The normalized spacial score (nSPS) is 14.6. The first-order chi connectivity index (χ1) is 13.1. The van der Waals surface area contributed by atoms with Gasteiger partial charge in [0.15, 0.2) is 0 Å². The van der Waals surface area contributed by atoms with E-state index in [4.69, 9.17) is 9.47 Å². The van der Waals surface area contributed by atoms with Crippen molar-refractivity contribution in [3.8, 4) is 11.8 Å². The lowest BCUT2D eigenvalue weighted by atomic mass is 10.2. The summed E-state index contributed by atoms with van der Waals surface area (Å²) in [5.74, 6) is 4.87. The van der Waals surface area contributed by atoms with Crippen molar-refractivity contribution < 1.29 is 19.1 Å². The molecule has 2 aromatic carbocycles. The summed E-state index contributed by atoms with van der Waals surface area (Å²) in [6.07, 6.45) is -1.16. The summed E-state index contributed by atoms with van der Waals surface area (Å²) in [6, 6.07) is 16.4. The Morgan fingerprint density at radius 1 is 1.04 bits per heavy atom. The van der Waals surface area contributed by atoms with Crippen LogP contribution < -0.4 is 0 Å². The Kier molecular flexibility index (Phi) is 6.85. The van der Waals surface area contributed by atoms with Crippen LogP contribution in [0.2, 0.25) is 0 Å². The lowest BCUT2D eigenvalue weighted by molar-refractivity contribution is -0.141. The van der Waals surface area contributed by atoms with Crippen molar-refractivity contribution in [2.45, 2.75) is 6.10 Å². The van der Waals surface area contributed by atoms with E-state index >= 15 is 0 Å². The van der Waals surface area contributed by atoms with E-state index in [0.717, 1.165) is 9.13 Å². The van der Waals surface area contributed by atoms with Crippen molar-refractivity contribution >= 4 is 34.5 Å². The maximum absolute atomic E-state index is 12.9. The van der Waals surface area contributed by atoms with Crippen LogP contribution in [-0.2, 0) is 14.3 Å². The minimum Gasteiger partial charge on any atom is -0.435 e. The second-order valence-corrected chi connectivity index (χ2v) is 7.00. The standard InChI is InChI=1S/C21H18INO4/c22-18-9-5-4-8-17(18)21(25)27-19(11-10-16-6-2-1-3-7-16)20(24)23-12-14-26-15-13-23/h1-9,19H,12-15H2. The second kappa shape index (κ2) is 9.53. The van der Waals surface area contributed by atoms with Crippen molar-refractivity contribution in [1.29, 1.82) is 0 Å². The zero-order valence-corrected chi connectivity index (χ0v) is 16.7. The molecule has 1 aliphatic rings. The lowest BCUT2D eigenvalue weighted by Gasteiger charge is -2.28. The maximum atomic E-state index is 12.9. The van der Waals surface area contributed by atoms with Crippen LogP contribution in [0.1, 0.15) is 15.9 Å². The number of benzene rings is 2. The first-order valence-corrected chi connectivity index (χ1v) is 9.61. The molecule has 27 heavy (non-hydrogen) atoms. The number of rotatable bonds is 3. The van der Waals surface area contributed by atoms with Gasteiger partial charge in [0.25, 0.3) is 5.91 Å². The van der Waals surface area contributed by atoms with Gasteiger partial charge in [-0.25, -0.2) is 4.79 Å². The highest BCUT2D eigenvalue weighted by Crippen LogP contribution is 2.14. The summed E-state index contributed by atoms with van der Waals surface area (Å²) in [4.78, 5) is 27.1. The Morgan fingerprint density at radius 2 is 1.70 bits per heavy atom. The molecule has 0 saturated carbocycles. The summed E-state index contributed by atoms with van der Waals surface area (Å²) in [5.41, 5.74) is 1.17. The number of amides is 1. The molecule has 0 bridgehead atoms. The van der Waals surface area contributed by atoms with E-state index in [0.29, 0.717) is 31.9 Å². The quantitative estimate of drug-likeness (QED) is 0.390. The number of ether oxygens (including phenoxy) is 2. The first-order valence-electron chi connectivity index (χ1n) is 8.54. The van der Waals surface area contributed by atoms with Crippen molar-refractivity contribution in [2.75, 3.05) is 26.3 Å². The van der Waals surface area contributed by atoms with Gasteiger partial charge in [0.1, 0.15) is 0 Å². The van der Waals surface area contributed by atoms with Gasteiger partial charge >= 0.3 is 5.97 Å². The number of esters is 1. The fraction of sp³-hybridized carbons (Fsp3) is 0.238. The minimum absolute atomic E-state index is 0.318. The van der Waals surface area contributed by atoms with Crippen LogP contribution in [0.4, 0.5) is 0 Å². The van der Waals surface area contributed by atoms with E-state index in [9.17, 15) is 9.59 Å². The van der Waals surface area contributed by atoms with Crippen molar-refractivity contribution in [3.05, 3.63) is 69.3 Å². The van der Waals surface area contributed by atoms with Crippen LogP contribution in [0.3, 0.4) is 0 Å². The zero-order chi connectivity index (χ0) is 19.1. The molecule has 0 aliphatic carbocycles. The topological polar surface area (TPSA) is 55.8 Å². The van der Waals surface area contributed by atoms with E-state index in [-0.39, 0.29) is 5.91 Å². The first kappa shape index (κ1) is 19.4. The van der Waals surface area contributed by atoms with Crippen LogP contribution in [0.15, 0.2) is 54.6 Å². The number of hydrogen-bond donors (Lipinski definition) is 0. The Hall–Kier alpha value is -2.37. The number of hydrogen-bond acceptors (Lipinski definition) is 4. The molecule has 138 valence electrons. The monoisotopic (exact) mass is 475 g/mol. The van der Waals surface area contributed by atoms with Crippen LogP contribution in [0.25, 0.3) is 0 Å². The van der Waals surface area contributed by atoms with Gasteiger partial charge in [-0.1, -0.05) is 36.3 Å². The van der Waals surface area contributed by atoms with E-state index in [1.165, 1.54) is 0 Å². The van der Waals surface area contributed by atoms with E-state index in [1.807, 2.05) is 42.5 Å². The van der Waals surface area contributed by atoms with E-state index in [2.05, 4.69) is 34.4 Å². The van der Waals surface area contributed by atoms with Crippen LogP contribution in [-0.4, -0.2) is 49.2 Å². The van der Waals surface area contributed by atoms with Gasteiger partial charge in [-0.05, 0) is 52.8 Å². The molecular weight excluding hydrogens is 457 g/mol. The molecule has 1 aliphatic heterocycles. The minimum atomic E-state index is -1.16. The maximum Gasteiger partial charge on any atom is 0.340 e. The van der Waals surface area contributed by atoms with Crippen molar-refractivity contribution in [2.24, 2.45) is 0 Å². The molecule has 1 fully saturated rings. The van der Waals surface area contributed by atoms with Gasteiger partial charge < -0.3 is 14.4 Å². The molecule has 0 spiro atoms. The molecule has 5 nitrogen and oxygen atoms in total. The molecular formula is C21H18INO4. The molecule has 6 heteroatoms. The zero-order valence-electron chi connectivity index (χ0n) is 14.6. The number of carbonyl (C=O) groups is 2. The molecule has 1 atom stereocenters. The Balaban J connectivity index is 1.83. The smallest absolute Gasteiger partial charge is 0.340 e. The van der Waals surface area contributed by atoms with Gasteiger partial charge in [-0.15, -0.1) is 0 Å². The van der Waals surface area contributed by atoms with Crippen molar-refractivity contribution in [1.82, 2.24) is 4.90 Å². The molecule has 1 heterocycles. The molecule has 0 radical (unpaired) electrons. The second-order valence-electron chi connectivity index (χ2n) is 5.84.